The lowest BCUT2D eigenvalue weighted by molar-refractivity contribution is -0.119. The molecule has 0 radical (unpaired) electrons. The summed E-state index contributed by atoms with van der Waals surface area (Å²) >= 11 is 14.1. The lowest BCUT2D eigenvalue weighted by Crippen LogP contribution is -2.35. The smallest absolute Gasteiger partial charge is 0.226 e. The first-order valence-electron chi connectivity index (χ1n) is 39.6. The molecule has 0 unspecified atom stereocenters. The van der Waals surface area contributed by atoms with Crippen molar-refractivity contribution in [2.75, 3.05) is 58.7 Å². The first-order valence-corrected chi connectivity index (χ1v) is 46.2. The minimum atomic E-state index is 0.0600. The summed E-state index contributed by atoms with van der Waals surface area (Å²) in [5.74, 6) is 1.76. The topological polar surface area (TPSA) is 186 Å². The van der Waals surface area contributed by atoms with E-state index in [9.17, 15) is 19.2 Å². The molecule has 5 N–H and O–H groups in total. The summed E-state index contributed by atoms with van der Waals surface area (Å²) in [7, 11) is 4.02. The van der Waals surface area contributed by atoms with Crippen molar-refractivity contribution in [3.8, 4) is 42.3 Å². The molecular formula is C88H107N11O4S8. The molecule has 0 fully saturated rings. The van der Waals surface area contributed by atoms with Crippen LogP contribution in [-0.2, 0) is 90.3 Å². The van der Waals surface area contributed by atoms with Crippen LogP contribution in [0.4, 0.5) is 5.00 Å². The second kappa shape index (κ2) is 38.3. The maximum atomic E-state index is 12.7. The Bertz CT molecular complexity index is 5070. The van der Waals surface area contributed by atoms with Crippen LogP contribution in [0.15, 0.2) is 97.1 Å². The van der Waals surface area contributed by atoms with Gasteiger partial charge in [0.1, 0.15) is 42.4 Å². The van der Waals surface area contributed by atoms with E-state index in [0.717, 1.165) is 163 Å². The third-order valence-corrected chi connectivity index (χ3v) is 29.6. The number of amides is 1. The Morgan fingerprint density at radius 3 is 1.27 bits per heavy atom. The van der Waals surface area contributed by atoms with Gasteiger partial charge in [-0.25, -0.2) is 19.9 Å². The van der Waals surface area contributed by atoms with Gasteiger partial charge < -0.3 is 31.5 Å². The number of Topliss-reactive ketones (excluding diaryl/α,β-unsaturated/α-hetero) is 3. The number of ketones is 3. The number of benzene rings is 4. The van der Waals surface area contributed by atoms with Gasteiger partial charge in [-0.05, 0) is 175 Å². The highest BCUT2D eigenvalue weighted by Crippen LogP contribution is 2.48. The van der Waals surface area contributed by atoms with Crippen LogP contribution in [0.5, 0.6) is 0 Å². The zero-order valence-corrected chi connectivity index (χ0v) is 72.8. The van der Waals surface area contributed by atoms with E-state index < -0.39 is 0 Å². The number of nitrogens with one attached hydrogen (secondary N) is 5. The van der Waals surface area contributed by atoms with E-state index in [0.29, 0.717) is 92.3 Å². The molecule has 16 rings (SSSR count). The number of rotatable bonds is 26. The van der Waals surface area contributed by atoms with Crippen molar-refractivity contribution in [2.24, 2.45) is 11.3 Å². The number of thiophene rings is 4. The molecule has 0 spiro atoms. The summed E-state index contributed by atoms with van der Waals surface area (Å²) in [6, 6.07) is 34.1. The molecule has 0 atom stereocenters. The highest BCUT2D eigenvalue weighted by atomic mass is 32.1. The Morgan fingerprint density at radius 2 is 0.883 bits per heavy atom. The quantitative estimate of drug-likeness (QED) is 0.0345. The number of anilines is 1. The Morgan fingerprint density at radius 1 is 0.486 bits per heavy atom. The number of aromatic nitrogens is 4. The maximum Gasteiger partial charge on any atom is 0.226 e. The lowest BCUT2D eigenvalue weighted by atomic mass is 9.89. The van der Waals surface area contributed by atoms with Crippen molar-refractivity contribution < 1.29 is 19.2 Å². The predicted molar refractivity (Wildman–Crippen MR) is 475 cm³/mol. The van der Waals surface area contributed by atoms with Gasteiger partial charge in [0.05, 0.1) is 40.9 Å². The molecule has 23 heteroatoms. The van der Waals surface area contributed by atoms with Gasteiger partial charge in [0.2, 0.25) is 5.91 Å². The van der Waals surface area contributed by atoms with Crippen LogP contribution in [0.3, 0.4) is 0 Å². The number of fused-ring (bicyclic) bond motifs is 8. The summed E-state index contributed by atoms with van der Waals surface area (Å²) in [6.45, 7) is 29.1. The molecule has 4 aromatic carbocycles. The molecule has 12 aromatic rings. The van der Waals surface area contributed by atoms with Gasteiger partial charge in [0.15, 0.2) is 0 Å². The Balaban J connectivity index is 0.000000130. The van der Waals surface area contributed by atoms with Crippen LogP contribution < -0.4 is 26.6 Å². The number of carbonyl (C=O) groups is 4. The lowest BCUT2D eigenvalue weighted by Gasteiger charge is -2.30. The molecule has 0 aliphatic carbocycles. The standard InChI is InChI=1S/C23H30N4OS2.C23H28N2OS2.C22H26N2OS2.C20H23N3OS2/c1-14(2)24-11-9-20(28)26-23-21(22-25-17-7-5-6-8-18(17)29-22)16-10-12-27(15(3)4)13-19(16)30-23;1-23(2,3)11-6-7-15(26)13-19-21(16-10-12-24-14-20(16)27-19)22-25-17-8-4-5-9-18(17)28-22;1-14(2)6-5-7-15(25)12-19-21(16-10-11-23-13-20(16)26-19)22-24-17-8-3-4-9-18(17)27-22;1-23(2)10-8-13(24)11-17-19(14-7-9-21-12-18(14)25-17)20-22-15-5-3-4-6-16(15)26-20/h5-8,14-15,24H,9-13H2,1-4H3,(H,26,28);4-5,8-9,24H,6-7,10-14H2,1-3H3;3-4,8-9,14,23H,5-7,10-13H2,1-2H3;3-6,21H,7-12H2,1-2H3. The van der Waals surface area contributed by atoms with Gasteiger partial charge in [0.25, 0.3) is 0 Å². The molecule has 8 aromatic heterocycles. The number of thiazole rings is 4. The van der Waals surface area contributed by atoms with Gasteiger partial charge in [-0.3, -0.25) is 24.1 Å². The van der Waals surface area contributed by atoms with E-state index >= 15 is 0 Å². The summed E-state index contributed by atoms with van der Waals surface area (Å²) in [6.07, 6.45) is 12.3. The predicted octanol–water partition coefficient (Wildman–Crippen LogP) is 20.5. The van der Waals surface area contributed by atoms with Crippen molar-refractivity contribution in [1.29, 1.82) is 0 Å². The minimum absolute atomic E-state index is 0.0600. The second-order valence-electron chi connectivity index (χ2n) is 32.0. The van der Waals surface area contributed by atoms with E-state index in [1.165, 1.54) is 91.9 Å². The second-order valence-corrected chi connectivity index (χ2v) is 40.8. The maximum absolute atomic E-state index is 12.7. The summed E-state index contributed by atoms with van der Waals surface area (Å²) in [5.41, 5.74) is 15.0. The van der Waals surface area contributed by atoms with Crippen molar-refractivity contribution in [2.45, 2.75) is 197 Å². The van der Waals surface area contributed by atoms with Gasteiger partial charge in [-0.15, -0.1) is 90.7 Å². The molecule has 4 aliphatic heterocycles. The molecule has 586 valence electrons. The summed E-state index contributed by atoms with van der Waals surface area (Å²) < 4.78 is 4.83. The van der Waals surface area contributed by atoms with Crippen molar-refractivity contribution in [3.05, 3.63) is 153 Å². The monoisotopic (exact) mass is 1640 g/mol. The van der Waals surface area contributed by atoms with Crippen LogP contribution in [0.2, 0.25) is 0 Å². The first-order chi connectivity index (χ1) is 53.6. The van der Waals surface area contributed by atoms with E-state index in [4.69, 9.17) is 19.9 Å². The summed E-state index contributed by atoms with van der Waals surface area (Å²) in [5, 5.41) is 22.1. The van der Waals surface area contributed by atoms with Crippen LogP contribution in [0, 0.1) is 11.3 Å². The molecule has 1 amide bonds. The number of nitrogens with zero attached hydrogens (tertiary/aromatic N) is 6. The van der Waals surface area contributed by atoms with Gasteiger partial charge in [-0.1, -0.05) is 103 Å². The highest BCUT2D eigenvalue weighted by molar-refractivity contribution is 7.24. The molecule has 15 nitrogen and oxygen atoms in total. The fourth-order valence-electron chi connectivity index (χ4n) is 14.7. The highest BCUT2D eigenvalue weighted by Gasteiger charge is 2.32. The first kappa shape index (κ1) is 82.5. The number of hydrogen-bond donors (Lipinski definition) is 5. The number of hydrogen-bond acceptors (Lipinski definition) is 22. The van der Waals surface area contributed by atoms with E-state index in [1.54, 1.807) is 68.0 Å². The SMILES string of the molecule is CC(C)(C)CCCC(=O)Cc1sc2c(c1-c1nc3ccccc3s1)CCNC2.CC(C)CCCC(=O)Cc1sc2c(c1-c1nc3ccccc3s1)CCNC2.CC(C)NCCC(=O)Nc1sc2c(c1-c1nc3ccccc3s1)CCN(C(C)C)C2.CN(C)CCC(=O)Cc1sc2c(c1-c1nc3ccccc3s1)CCNC2. The molecule has 111 heavy (non-hydrogen) atoms. The Labute approximate surface area is 687 Å². The van der Waals surface area contributed by atoms with Crippen molar-refractivity contribution in [3.63, 3.8) is 0 Å². The Hall–Kier alpha value is -6.52. The fourth-order valence-corrected chi connectivity index (χ4v) is 24.6. The Kier molecular flexibility index (Phi) is 28.4. The van der Waals surface area contributed by atoms with E-state index in [2.05, 4.69) is 171 Å². The third kappa shape index (κ3) is 21.3. The summed E-state index contributed by atoms with van der Waals surface area (Å²) in [4.78, 5) is 83.9. The van der Waals surface area contributed by atoms with Gasteiger partial charge >= 0.3 is 0 Å². The average molecular weight is 1640 g/mol. The van der Waals surface area contributed by atoms with Crippen LogP contribution >= 0.6 is 90.7 Å². The largest absolute Gasteiger partial charge is 0.317 e. The normalized spacial score (nSPS) is 14.3. The molecule has 0 bridgehead atoms. The van der Waals surface area contributed by atoms with Gasteiger partial charge in [-0.2, -0.15) is 0 Å². The van der Waals surface area contributed by atoms with Gasteiger partial charge in [0, 0.05) is 159 Å². The van der Waals surface area contributed by atoms with Crippen LogP contribution in [0.25, 0.3) is 83.2 Å². The van der Waals surface area contributed by atoms with E-state index in [-0.39, 0.29) is 5.91 Å². The zero-order valence-electron chi connectivity index (χ0n) is 66.2. The van der Waals surface area contributed by atoms with Crippen molar-refractivity contribution >= 4 is 160 Å². The molecular weight excluding hydrogens is 1530 g/mol. The molecule has 0 saturated heterocycles. The average Bonchev–Trinajstić information content (AvgIpc) is 1.64. The zero-order chi connectivity index (χ0) is 77.9. The fraction of sp³-hybridized carbons (Fsp3) is 0.455. The third-order valence-electron chi connectivity index (χ3n) is 20.5. The number of para-hydroxylation sites is 4. The van der Waals surface area contributed by atoms with E-state index in [1.807, 2.05) is 61.0 Å². The van der Waals surface area contributed by atoms with Crippen LogP contribution in [0.1, 0.15) is 170 Å². The number of carbonyl (C=O) groups excluding carboxylic acids is 4. The van der Waals surface area contributed by atoms with Crippen molar-refractivity contribution in [1.82, 2.24) is 51.0 Å². The van der Waals surface area contributed by atoms with Crippen LogP contribution in [-0.4, -0.2) is 118 Å². The molecule has 0 saturated carbocycles. The minimum Gasteiger partial charge on any atom is -0.317 e. The molecule has 4 aliphatic rings. The molecule has 12 heterocycles.